The molecule has 0 heterocycles. The van der Waals surface area contributed by atoms with Gasteiger partial charge in [0.15, 0.2) is 11.6 Å². The normalized spacial score (nSPS) is 29.7. The van der Waals surface area contributed by atoms with Gasteiger partial charge in [-0.1, -0.05) is 11.1 Å². The van der Waals surface area contributed by atoms with E-state index in [4.69, 9.17) is 18.9 Å². The van der Waals surface area contributed by atoms with Gasteiger partial charge in [-0.2, -0.15) is 0 Å². The predicted octanol–water partition coefficient (Wildman–Crippen LogP) is 3.12. The number of rotatable bonds is 8. The lowest BCUT2D eigenvalue weighted by Crippen LogP contribution is -2.27. The van der Waals surface area contributed by atoms with E-state index in [0.29, 0.717) is 11.8 Å². The van der Waals surface area contributed by atoms with E-state index in [0.717, 1.165) is 13.2 Å². The molecule has 2 aliphatic rings. The molecule has 2 unspecified atom stereocenters. The van der Waals surface area contributed by atoms with Gasteiger partial charge in [-0.25, -0.2) is 0 Å². The lowest BCUT2D eigenvalue weighted by molar-refractivity contribution is -0.199. The summed E-state index contributed by atoms with van der Waals surface area (Å²) < 4.78 is 22.1. The molecule has 0 amide bonds. The monoisotopic (exact) mass is 284 g/mol. The number of hydrogen-bond donors (Lipinski definition) is 0. The highest BCUT2D eigenvalue weighted by Gasteiger charge is 2.43. The first-order valence-corrected chi connectivity index (χ1v) is 7.38. The van der Waals surface area contributed by atoms with E-state index < -0.39 is 11.6 Å². The Bertz CT molecular complexity index is 348. The third kappa shape index (κ3) is 4.29. The molecule has 0 N–H and O–H groups in total. The molecule has 116 valence electrons. The van der Waals surface area contributed by atoms with Crippen molar-refractivity contribution < 1.29 is 18.9 Å². The summed E-state index contributed by atoms with van der Waals surface area (Å²) in [5.74, 6) is 0.236. The summed E-state index contributed by atoms with van der Waals surface area (Å²) in [4.78, 5) is 0. The van der Waals surface area contributed by atoms with E-state index in [9.17, 15) is 0 Å². The van der Waals surface area contributed by atoms with Gasteiger partial charge in [0.1, 0.15) is 0 Å². The van der Waals surface area contributed by atoms with Gasteiger partial charge in [-0.15, -0.1) is 0 Å². The Morgan fingerprint density at radius 1 is 0.800 bits per heavy atom. The minimum atomic E-state index is -0.479. The topological polar surface area (TPSA) is 36.9 Å². The molecule has 0 aliphatic heterocycles. The van der Waals surface area contributed by atoms with E-state index >= 15 is 0 Å². The van der Waals surface area contributed by atoms with Crippen LogP contribution < -0.4 is 0 Å². The van der Waals surface area contributed by atoms with E-state index in [1.165, 1.54) is 12.8 Å². The van der Waals surface area contributed by atoms with Gasteiger partial charge in [0.05, 0.1) is 13.2 Å². The Kier molecular flexibility index (Phi) is 4.59. The van der Waals surface area contributed by atoms with E-state index in [1.807, 2.05) is 27.7 Å². The molecule has 0 saturated heterocycles. The van der Waals surface area contributed by atoms with Crippen LogP contribution in [-0.2, 0) is 18.9 Å². The summed E-state index contributed by atoms with van der Waals surface area (Å²) in [7, 11) is 3.36. The maximum atomic E-state index is 5.77. The first-order chi connectivity index (χ1) is 9.28. The van der Waals surface area contributed by atoms with Crippen molar-refractivity contribution in [3.63, 3.8) is 0 Å². The molecule has 20 heavy (non-hydrogen) atoms. The molecule has 0 aromatic rings. The maximum absolute atomic E-state index is 5.77. The first-order valence-electron chi connectivity index (χ1n) is 7.38. The quantitative estimate of drug-likeness (QED) is 0.507. The highest BCUT2D eigenvalue weighted by molar-refractivity contribution is 5.40. The summed E-state index contributed by atoms with van der Waals surface area (Å²) in [6.07, 6.45) is 2.36. The average Bonchev–Trinajstić information content (AvgIpc) is 3.27. The molecule has 0 bridgehead atoms. The summed E-state index contributed by atoms with van der Waals surface area (Å²) in [6.45, 7) is 9.31. The number of hydrogen-bond acceptors (Lipinski definition) is 4. The SMILES string of the molecule is COC(C)(C)OCC1C/C1=C1/CC1COC(C)(C)OC. The summed E-state index contributed by atoms with van der Waals surface area (Å²) in [6, 6.07) is 0. The van der Waals surface area contributed by atoms with Crippen molar-refractivity contribution in [3.8, 4) is 0 Å². The summed E-state index contributed by atoms with van der Waals surface area (Å²) in [5.41, 5.74) is 3.17. The van der Waals surface area contributed by atoms with Crippen LogP contribution in [0.25, 0.3) is 0 Å². The first kappa shape index (κ1) is 16.0. The van der Waals surface area contributed by atoms with Gasteiger partial charge in [0.25, 0.3) is 0 Å². The van der Waals surface area contributed by atoms with Crippen molar-refractivity contribution in [2.24, 2.45) is 11.8 Å². The fourth-order valence-electron chi connectivity index (χ4n) is 2.24. The third-order valence-electron chi connectivity index (χ3n) is 4.26. The zero-order valence-electron chi connectivity index (χ0n) is 13.6. The van der Waals surface area contributed by atoms with Gasteiger partial charge in [0.2, 0.25) is 0 Å². The van der Waals surface area contributed by atoms with Gasteiger partial charge < -0.3 is 18.9 Å². The molecular weight excluding hydrogens is 256 g/mol. The Hall–Kier alpha value is -0.420. The highest BCUT2D eigenvalue weighted by Crippen LogP contribution is 2.52. The molecule has 2 fully saturated rings. The van der Waals surface area contributed by atoms with Crippen LogP contribution >= 0.6 is 0 Å². The van der Waals surface area contributed by atoms with E-state index in [2.05, 4.69) is 0 Å². The molecule has 2 aliphatic carbocycles. The molecule has 2 atom stereocenters. The smallest absolute Gasteiger partial charge is 0.162 e. The minimum Gasteiger partial charge on any atom is -0.354 e. The summed E-state index contributed by atoms with van der Waals surface area (Å²) in [5, 5.41) is 0. The largest absolute Gasteiger partial charge is 0.354 e. The molecule has 2 rings (SSSR count). The third-order valence-corrected chi connectivity index (χ3v) is 4.26. The standard InChI is InChI=1S/C16H28O4/c1-15(2,17-5)19-9-11-7-13(11)14-8-12(14)10-20-16(3,4)18-6/h11-12H,7-10H2,1-6H3/b14-13+. The van der Waals surface area contributed by atoms with Crippen LogP contribution in [0.5, 0.6) is 0 Å². The molecule has 0 aromatic heterocycles. The van der Waals surface area contributed by atoms with Crippen LogP contribution in [0.15, 0.2) is 11.1 Å². The van der Waals surface area contributed by atoms with Crippen molar-refractivity contribution in [2.45, 2.75) is 52.1 Å². The van der Waals surface area contributed by atoms with Gasteiger partial charge in [0, 0.05) is 26.1 Å². The van der Waals surface area contributed by atoms with Crippen molar-refractivity contribution >= 4 is 0 Å². The lowest BCUT2D eigenvalue weighted by atomic mass is 10.3. The molecule has 2 saturated carbocycles. The molecular formula is C16H28O4. The highest BCUT2D eigenvalue weighted by atomic mass is 16.7. The van der Waals surface area contributed by atoms with E-state index in [1.54, 1.807) is 25.4 Å². The Labute approximate surface area is 122 Å². The van der Waals surface area contributed by atoms with Gasteiger partial charge >= 0.3 is 0 Å². The van der Waals surface area contributed by atoms with Crippen LogP contribution in [-0.4, -0.2) is 39.0 Å². The molecule has 0 spiro atoms. The van der Waals surface area contributed by atoms with Crippen LogP contribution in [0.4, 0.5) is 0 Å². The summed E-state index contributed by atoms with van der Waals surface area (Å²) >= 11 is 0. The van der Waals surface area contributed by atoms with Crippen molar-refractivity contribution in [3.05, 3.63) is 11.1 Å². The minimum absolute atomic E-state index is 0.479. The molecule has 4 heteroatoms. The van der Waals surface area contributed by atoms with Crippen LogP contribution in [0.3, 0.4) is 0 Å². The second kappa shape index (κ2) is 5.76. The number of ether oxygens (including phenoxy) is 4. The van der Waals surface area contributed by atoms with Crippen LogP contribution in [0.2, 0.25) is 0 Å². The molecule has 0 radical (unpaired) electrons. The molecule has 4 nitrogen and oxygen atoms in total. The molecule has 0 aromatic carbocycles. The average molecular weight is 284 g/mol. The lowest BCUT2D eigenvalue weighted by Gasteiger charge is -2.23. The maximum Gasteiger partial charge on any atom is 0.162 e. The zero-order chi connectivity index (χ0) is 15.0. The Morgan fingerprint density at radius 3 is 1.45 bits per heavy atom. The van der Waals surface area contributed by atoms with Crippen molar-refractivity contribution in [2.75, 3.05) is 27.4 Å². The fourth-order valence-corrected chi connectivity index (χ4v) is 2.24. The Morgan fingerprint density at radius 2 is 1.15 bits per heavy atom. The van der Waals surface area contributed by atoms with Crippen molar-refractivity contribution in [1.29, 1.82) is 0 Å². The Balaban J connectivity index is 1.71. The van der Waals surface area contributed by atoms with Crippen molar-refractivity contribution in [1.82, 2.24) is 0 Å². The number of methoxy groups -OCH3 is 2. The second-order valence-corrected chi connectivity index (χ2v) is 6.68. The van der Waals surface area contributed by atoms with Crippen LogP contribution in [0, 0.1) is 11.8 Å². The van der Waals surface area contributed by atoms with Gasteiger partial charge in [-0.3, -0.25) is 0 Å². The zero-order valence-corrected chi connectivity index (χ0v) is 13.6. The van der Waals surface area contributed by atoms with Crippen LogP contribution in [0.1, 0.15) is 40.5 Å². The van der Waals surface area contributed by atoms with Gasteiger partial charge in [-0.05, 0) is 40.5 Å². The fraction of sp³-hybridized carbons (Fsp3) is 0.875. The second-order valence-electron chi connectivity index (χ2n) is 6.68. The van der Waals surface area contributed by atoms with E-state index in [-0.39, 0.29) is 0 Å². The predicted molar refractivity (Wildman–Crippen MR) is 77.3 cm³/mol.